The quantitative estimate of drug-likeness (QED) is 0.584. The second kappa shape index (κ2) is 2.99. The number of nitrogens with zero attached hydrogens (tertiary/aromatic N) is 1. The van der Waals surface area contributed by atoms with E-state index in [1.807, 2.05) is 0 Å². The van der Waals surface area contributed by atoms with Gasteiger partial charge in [-0.2, -0.15) is 0 Å². The van der Waals surface area contributed by atoms with Crippen LogP contribution in [0.4, 0.5) is 4.39 Å². The molecule has 2 heteroatoms. The van der Waals surface area contributed by atoms with E-state index in [1.165, 1.54) is 6.42 Å². The fraction of sp³-hybridized carbons (Fsp3) is 1.00. The van der Waals surface area contributed by atoms with E-state index in [2.05, 4.69) is 11.8 Å². The van der Waals surface area contributed by atoms with Crippen molar-refractivity contribution in [3.63, 3.8) is 0 Å². The van der Waals surface area contributed by atoms with Crippen LogP contribution < -0.4 is 0 Å². The van der Waals surface area contributed by atoms with Gasteiger partial charge in [0, 0.05) is 12.0 Å². The smallest absolute Gasteiger partial charge is 0.118 e. The highest BCUT2D eigenvalue weighted by atomic mass is 19.1. The average Bonchev–Trinajstić information content (AvgIpc) is 2.01. The molecule has 0 radical (unpaired) electrons. The van der Waals surface area contributed by atoms with Gasteiger partial charge in [0.25, 0.3) is 0 Å². The Morgan fingerprint density at radius 2 is 2.17 bits per heavy atom. The van der Waals surface area contributed by atoms with Crippen molar-refractivity contribution in [2.45, 2.75) is 38.8 Å². The summed E-state index contributed by atoms with van der Waals surface area (Å²) in [7, 11) is 0. The topological polar surface area (TPSA) is 3.24 Å². The molecule has 12 heavy (non-hydrogen) atoms. The number of hydrogen-bond acceptors (Lipinski definition) is 1. The van der Waals surface area contributed by atoms with Crippen LogP contribution in [0.25, 0.3) is 0 Å². The molecule has 2 rings (SSSR count). The maximum absolute atomic E-state index is 13.7. The lowest BCUT2D eigenvalue weighted by molar-refractivity contribution is -0.0461. The van der Waals surface area contributed by atoms with E-state index in [1.54, 1.807) is 0 Å². The molecule has 1 spiro atoms. The Kier molecular flexibility index (Phi) is 2.11. The maximum Gasteiger partial charge on any atom is 0.118 e. The first-order valence-electron chi connectivity index (χ1n) is 5.13. The second-order valence-corrected chi connectivity index (χ2v) is 4.33. The monoisotopic (exact) mass is 171 g/mol. The number of halogens is 1. The van der Waals surface area contributed by atoms with Gasteiger partial charge in [0.1, 0.15) is 6.17 Å². The van der Waals surface area contributed by atoms with Gasteiger partial charge < -0.3 is 4.90 Å². The van der Waals surface area contributed by atoms with E-state index in [9.17, 15) is 4.39 Å². The molecule has 1 heterocycles. The fourth-order valence-electron chi connectivity index (χ4n) is 2.53. The van der Waals surface area contributed by atoms with E-state index in [0.29, 0.717) is 6.54 Å². The number of alkyl halides is 1. The third-order valence-electron chi connectivity index (χ3n) is 3.81. The van der Waals surface area contributed by atoms with Crippen LogP contribution in [-0.2, 0) is 0 Å². The van der Waals surface area contributed by atoms with E-state index in [-0.39, 0.29) is 5.41 Å². The fourth-order valence-corrected chi connectivity index (χ4v) is 2.53. The molecule has 1 atom stereocenters. The van der Waals surface area contributed by atoms with Crippen LogP contribution in [0.3, 0.4) is 0 Å². The summed E-state index contributed by atoms with van der Waals surface area (Å²) in [6.45, 7) is 4.94. The Morgan fingerprint density at radius 3 is 2.58 bits per heavy atom. The first-order valence-corrected chi connectivity index (χ1v) is 5.13. The molecule has 0 aromatic carbocycles. The molecule has 0 bridgehead atoms. The van der Waals surface area contributed by atoms with Gasteiger partial charge in [0.05, 0.1) is 0 Å². The largest absolute Gasteiger partial charge is 0.301 e. The molecular formula is C10H18FN. The Labute approximate surface area is 73.9 Å². The molecule has 1 saturated heterocycles. The molecule has 70 valence electrons. The number of hydrogen-bond donors (Lipinski definition) is 0. The minimum absolute atomic E-state index is 0.131. The third-order valence-corrected chi connectivity index (χ3v) is 3.81. The minimum Gasteiger partial charge on any atom is -0.301 e. The Morgan fingerprint density at radius 1 is 1.42 bits per heavy atom. The van der Waals surface area contributed by atoms with Crippen molar-refractivity contribution in [2.24, 2.45) is 5.41 Å². The van der Waals surface area contributed by atoms with Crippen LogP contribution in [0, 0.1) is 5.41 Å². The molecule has 0 amide bonds. The third kappa shape index (κ3) is 1.17. The Bertz CT molecular complexity index is 165. The van der Waals surface area contributed by atoms with Gasteiger partial charge in [0.2, 0.25) is 0 Å². The van der Waals surface area contributed by atoms with E-state index in [0.717, 1.165) is 32.4 Å². The van der Waals surface area contributed by atoms with Crippen molar-refractivity contribution in [3.8, 4) is 0 Å². The Balaban J connectivity index is 1.95. The summed E-state index contributed by atoms with van der Waals surface area (Å²) in [5.41, 5.74) is 0.131. The van der Waals surface area contributed by atoms with Gasteiger partial charge in [-0.1, -0.05) is 13.3 Å². The minimum atomic E-state index is -0.542. The molecule has 1 nitrogen and oxygen atoms in total. The normalized spacial score (nSPS) is 35.0. The zero-order valence-electron chi connectivity index (χ0n) is 7.85. The molecule has 0 aromatic heterocycles. The SMILES string of the molecule is CCN1CCC2(CCC2)C(F)C1. The van der Waals surface area contributed by atoms with Crippen molar-refractivity contribution >= 4 is 0 Å². The lowest BCUT2D eigenvalue weighted by Gasteiger charge is -2.50. The number of likely N-dealkylation sites (tertiary alicyclic amines) is 1. The second-order valence-electron chi connectivity index (χ2n) is 4.33. The summed E-state index contributed by atoms with van der Waals surface area (Å²) >= 11 is 0. The number of rotatable bonds is 1. The van der Waals surface area contributed by atoms with Crippen LogP contribution in [0.15, 0.2) is 0 Å². The summed E-state index contributed by atoms with van der Waals surface area (Å²) in [4.78, 5) is 2.23. The van der Waals surface area contributed by atoms with Gasteiger partial charge in [-0.05, 0) is 32.4 Å². The summed E-state index contributed by atoms with van der Waals surface area (Å²) in [6, 6.07) is 0. The van der Waals surface area contributed by atoms with Crippen LogP contribution in [0.2, 0.25) is 0 Å². The van der Waals surface area contributed by atoms with E-state index < -0.39 is 6.17 Å². The van der Waals surface area contributed by atoms with E-state index >= 15 is 0 Å². The molecular weight excluding hydrogens is 153 g/mol. The van der Waals surface area contributed by atoms with Crippen LogP contribution >= 0.6 is 0 Å². The van der Waals surface area contributed by atoms with Crippen molar-refractivity contribution in [1.82, 2.24) is 4.90 Å². The summed E-state index contributed by atoms with van der Waals surface area (Å²) in [5.74, 6) is 0. The zero-order valence-corrected chi connectivity index (χ0v) is 7.85. The first-order chi connectivity index (χ1) is 5.77. The maximum atomic E-state index is 13.7. The van der Waals surface area contributed by atoms with Gasteiger partial charge in [0.15, 0.2) is 0 Å². The van der Waals surface area contributed by atoms with Crippen LogP contribution in [0.5, 0.6) is 0 Å². The van der Waals surface area contributed by atoms with Gasteiger partial charge >= 0.3 is 0 Å². The molecule has 1 aliphatic carbocycles. The average molecular weight is 171 g/mol. The first kappa shape index (κ1) is 8.49. The van der Waals surface area contributed by atoms with Crippen molar-refractivity contribution in [2.75, 3.05) is 19.6 Å². The molecule has 1 aliphatic heterocycles. The molecule has 2 aliphatic rings. The highest BCUT2D eigenvalue weighted by Crippen LogP contribution is 2.50. The summed E-state index contributed by atoms with van der Waals surface area (Å²) in [5, 5.41) is 0. The number of piperidine rings is 1. The van der Waals surface area contributed by atoms with Gasteiger partial charge in [-0.15, -0.1) is 0 Å². The molecule has 1 saturated carbocycles. The lowest BCUT2D eigenvalue weighted by atomic mass is 9.62. The van der Waals surface area contributed by atoms with Gasteiger partial charge in [-0.3, -0.25) is 0 Å². The standard InChI is InChI=1S/C10H18FN/c1-2-12-7-6-10(4-3-5-10)9(11)8-12/h9H,2-8H2,1H3. The molecule has 2 fully saturated rings. The van der Waals surface area contributed by atoms with E-state index in [4.69, 9.17) is 0 Å². The highest BCUT2D eigenvalue weighted by Gasteiger charge is 2.47. The highest BCUT2D eigenvalue weighted by molar-refractivity contribution is 4.98. The van der Waals surface area contributed by atoms with Crippen molar-refractivity contribution in [1.29, 1.82) is 0 Å². The molecule has 0 aromatic rings. The Hall–Kier alpha value is -0.110. The summed E-state index contributed by atoms with van der Waals surface area (Å²) in [6.07, 6.45) is 4.10. The van der Waals surface area contributed by atoms with Crippen molar-refractivity contribution in [3.05, 3.63) is 0 Å². The predicted molar refractivity (Wildman–Crippen MR) is 47.9 cm³/mol. The lowest BCUT2D eigenvalue weighted by Crippen LogP contribution is -2.51. The molecule has 0 N–H and O–H groups in total. The zero-order chi connectivity index (χ0) is 8.60. The predicted octanol–water partition coefficient (Wildman–Crippen LogP) is 2.22. The van der Waals surface area contributed by atoms with Crippen LogP contribution in [0.1, 0.15) is 32.6 Å². The van der Waals surface area contributed by atoms with Crippen molar-refractivity contribution < 1.29 is 4.39 Å². The van der Waals surface area contributed by atoms with Crippen LogP contribution in [-0.4, -0.2) is 30.7 Å². The van der Waals surface area contributed by atoms with Gasteiger partial charge in [-0.25, -0.2) is 4.39 Å². The molecule has 1 unspecified atom stereocenters. The summed E-state index contributed by atoms with van der Waals surface area (Å²) < 4.78 is 13.7.